The molecule has 0 aromatic carbocycles. The molecule has 4 aromatic rings. The highest BCUT2D eigenvalue weighted by atomic mass is 14.7. The summed E-state index contributed by atoms with van der Waals surface area (Å²) in [6.45, 7) is 32.2. The van der Waals surface area contributed by atoms with E-state index in [1.807, 2.05) is 152 Å². The van der Waals surface area contributed by atoms with Crippen molar-refractivity contribution in [3.05, 3.63) is 118 Å². The molecule has 0 N–H and O–H groups in total. The fourth-order valence-electron chi connectivity index (χ4n) is 2.76. The lowest BCUT2D eigenvalue weighted by molar-refractivity contribution is 1.12. The zero-order chi connectivity index (χ0) is 31.9. The summed E-state index contributed by atoms with van der Waals surface area (Å²) in [6.07, 6.45) is 7.36. The first-order chi connectivity index (χ1) is 19.2. The Morgan fingerprint density at radius 2 is 0.750 bits per heavy atom. The van der Waals surface area contributed by atoms with Crippen LogP contribution in [0, 0.1) is 55.4 Å². The van der Waals surface area contributed by atoms with Crippen LogP contribution >= 0.6 is 0 Å². The number of hydrogen-bond acceptors (Lipinski definition) is 4. The molecule has 4 aromatic heterocycles. The number of pyridine rings is 4. The SMILES string of the molecule is CC.CC.CC.CC.Cc1cccc(C)n1.Cc1ccnc(C)c1.Cc1ccnc(C)c1.Cc1cncc(C)c1. The van der Waals surface area contributed by atoms with Gasteiger partial charge in [0.05, 0.1) is 0 Å². The smallest absolute Gasteiger partial charge is 0.0375 e. The Kier molecular flexibility index (Phi) is 34.7. The molecule has 0 amide bonds. The van der Waals surface area contributed by atoms with Crippen molar-refractivity contribution in [2.45, 2.75) is 111 Å². The zero-order valence-corrected chi connectivity index (χ0v) is 28.7. The summed E-state index contributed by atoms with van der Waals surface area (Å²) in [5.41, 5.74) is 9.36. The molecule has 0 saturated carbocycles. The highest BCUT2D eigenvalue weighted by Crippen LogP contribution is 1.98. The van der Waals surface area contributed by atoms with Crippen LogP contribution in [-0.4, -0.2) is 19.9 Å². The van der Waals surface area contributed by atoms with Crippen LogP contribution in [0.25, 0.3) is 0 Å². The van der Waals surface area contributed by atoms with E-state index in [9.17, 15) is 0 Å². The lowest BCUT2D eigenvalue weighted by Crippen LogP contribution is -1.81. The minimum absolute atomic E-state index is 1.09. The fourth-order valence-corrected chi connectivity index (χ4v) is 2.76. The van der Waals surface area contributed by atoms with Gasteiger partial charge in [-0.15, -0.1) is 0 Å². The Bertz CT molecular complexity index is 832. The topological polar surface area (TPSA) is 51.6 Å². The monoisotopic (exact) mass is 548 g/mol. The molecular formula is C36H60N4. The Morgan fingerprint density at radius 1 is 0.400 bits per heavy atom. The molecule has 0 unspecified atom stereocenters. The normalized spacial score (nSPS) is 8.00. The van der Waals surface area contributed by atoms with Gasteiger partial charge >= 0.3 is 0 Å². The van der Waals surface area contributed by atoms with Crippen molar-refractivity contribution in [3.8, 4) is 0 Å². The van der Waals surface area contributed by atoms with Crippen LogP contribution < -0.4 is 0 Å². The van der Waals surface area contributed by atoms with Gasteiger partial charge in [-0.1, -0.05) is 67.5 Å². The molecule has 4 rings (SSSR count). The van der Waals surface area contributed by atoms with Crippen molar-refractivity contribution in [1.82, 2.24) is 19.9 Å². The highest BCUT2D eigenvalue weighted by Gasteiger charge is 1.84. The van der Waals surface area contributed by atoms with Crippen molar-refractivity contribution in [1.29, 1.82) is 0 Å². The Labute approximate surface area is 248 Å². The molecule has 0 aliphatic heterocycles. The summed E-state index contributed by atoms with van der Waals surface area (Å²) in [5, 5.41) is 0. The van der Waals surface area contributed by atoms with Gasteiger partial charge in [0.1, 0.15) is 0 Å². The summed E-state index contributed by atoms with van der Waals surface area (Å²) in [4.78, 5) is 16.2. The first-order valence-electron chi connectivity index (χ1n) is 14.7. The number of rotatable bonds is 0. The van der Waals surface area contributed by atoms with E-state index in [1.54, 1.807) is 0 Å². The number of nitrogens with zero attached hydrogens (tertiary/aromatic N) is 4. The molecule has 0 saturated heterocycles. The summed E-state index contributed by atoms with van der Waals surface area (Å²) in [5.74, 6) is 0. The molecule has 0 radical (unpaired) electrons. The van der Waals surface area contributed by atoms with E-state index < -0.39 is 0 Å². The Hall–Kier alpha value is -3.40. The summed E-state index contributed by atoms with van der Waals surface area (Å²) < 4.78 is 0. The minimum atomic E-state index is 1.09. The van der Waals surface area contributed by atoms with Crippen molar-refractivity contribution in [2.75, 3.05) is 0 Å². The van der Waals surface area contributed by atoms with Gasteiger partial charge in [0.15, 0.2) is 0 Å². The van der Waals surface area contributed by atoms with Crippen molar-refractivity contribution in [3.63, 3.8) is 0 Å². The predicted octanol–water partition coefficient (Wildman–Crippen LogP) is 10.9. The third kappa shape index (κ3) is 29.2. The van der Waals surface area contributed by atoms with Gasteiger partial charge in [-0.25, -0.2) is 0 Å². The van der Waals surface area contributed by atoms with Crippen molar-refractivity contribution < 1.29 is 0 Å². The average molecular weight is 549 g/mol. The molecule has 40 heavy (non-hydrogen) atoms. The number of hydrogen-bond donors (Lipinski definition) is 0. The molecule has 0 fully saturated rings. The summed E-state index contributed by atoms with van der Waals surface area (Å²) in [7, 11) is 0. The first-order valence-corrected chi connectivity index (χ1v) is 14.7. The second-order valence-corrected chi connectivity index (χ2v) is 7.91. The van der Waals surface area contributed by atoms with E-state index in [2.05, 4.69) is 52.0 Å². The van der Waals surface area contributed by atoms with E-state index in [0.29, 0.717) is 0 Å². The van der Waals surface area contributed by atoms with E-state index in [-0.39, 0.29) is 0 Å². The minimum Gasteiger partial charge on any atom is -0.264 e. The number of aryl methyl sites for hydroxylation is 8. The van der Waals surface area contributed by atoms with E-state index in [0.717, 1.165) is 22.8 Å². The summed E-state index contributed by atoms with van der Waals surface area (Å²) >= 11 is 0. The fraction of sp³-hybridized carbons (Fsp3) is 0.444. The molecule has 4 heterocycles. The molecule has 224 valence electrons. The third-order valence-electron chi connectivity index (χ3n) is 4.14. The lowest BCUT2D eigenvalue weighted by atomic mass is 10.2. The van der Waals surface area contributed by atoms with Gasteiger partial charge in [0.25, 0.3) is 0 Å². The van der Waals surface area contributed by atoms with Crippen LogP contribution in [0.15, 0.2) is 73.3 Å². The molecule has 0 atom stereocenters. The number of aromatic nitrogens is 4. The van der Waals surface area contributed by atoms with Gasteiger partial charge in [-0.05, 0) is 114 Å². The molecule has 4 heteroatoms. The van der Waals surface area contributed by atoms with Crippen LogP contribution in [0.1, 0.15) is 100 Å². The van der Waals surface area contributed by atoms with Gasteiger partial charge in [-0.3, -0.25) is 19.9 Å². The maximum atomic E-state index is 4.17. The van der Waals surface area contributed by atoms with Crippen LogP contribution in [-0.2, 0) is 0 Å². The predicted molar refractivity (Wildman–Crippen MR) is 180 cm³/mol. The molecule has 0 bridgehead atoms. The van der Waals surface area contributed by atoms with E-state index >= 15 is 0 Å². The van der Waals surface area contributed by atoms with E-state index in [4.69, 9.17) is 0 Å². The van der Waals surface area contributed by atoms with E-state index in [1.165, 1.54) is 22.3 Å². The molecule has 4 nitrogen and oxygen atoms in total. The zero-order valence-electron chi connectivity index (χ0n) is 28.7. The second-order valence-electron chi connectivity index (χ2n) is 7.91. The van der Waals surface area contributed by atoms with Gasteiger partial charge in [-0.2, -0.15) is 0 Å². The Morgan fingerprint density at radius 3 is 0.925 bits per heavy atom. The molecule has 0 spiro atoms. The van der Waals surface area contributed by atoms with Crippen molar-refractivity contribution >= 4 is 0 Å². The van der Waals surface area contributed by atoms with Crippen LogP contribution in [0.5, 0.6) is 0 Å². The quantitative estimate of drug-likeness (QED) is 0.219. The van der Waals surface area contributed by atoms with Gasteiger partial charge in [0, 0.05) is 47.6 Å². The maximum Gasteiger partial charge on any atom is 0.0375 e. The van der Waals surface area contributed by atoms with Crippen LogP contribution in [0.2, 0.25) is 0 Å². The Balaban J connectivity index is -0.000000199. The van der Waals surface area contributed by atoms with Gasteiger partial charge in [0.2, 0.25) is 0 Å². The third-order valence-corrected chi connectivity index (χ3v) is 4.14. The largest absolute Gasteiger partial charge is 0.264 e. The maximum absolute atomic E-state index is 4.17. The standard InChI is InChI=1S/4C7H9N.4C2H6/c1-6-3-7(2)5-8-4-6;2*1-6-3-4-8-7(2)5-6;1-6-4-3-5-7(2)8-6;4*1-2/h4*3-5H,1-2H3;4*1-2H3. The lowest BCUT2D eigenvalue weighted by Gasteiger charge is -1.90. The highest BCUT2D eigenvalue weighted by molar-refractivity contribution is 5.14. The van der Waals surface area contributed by atoms with Crippen LogP contribution in [0.3, 0.4) is 0 Å². The first kappa shape index (κ1) is 43.6. The van der Waals surface area contributed by atoms with Gasteiger partial charge < -0.3 is 0 Å². The van der Waals surface area contributed by atoms with Crippen molar-refractivity contribution in [2.24, 2.45) is 0 Å². The molecule has 0 aliphatic carbocycles. The molecular weight excluding hydrogens is 488 g/mol. The van der Waals surface area contributed by atoms with Crippen LogP contribution in [0.4, 0.5) is 0 Å². The second kappa shape index (κ2) is 31.8. The average Bonchev–Trinajstić information content (AvgIpc) is 2.94. The molecule has 0 aliphatic rings. The summed E-state index contributed by atoms with van der Waals surface area (Å²) in [6, 6.07) is 16.2.